The molecule has 2 rings (SSSR count). The van der Waals surface area contributed by atoms with E-state index in [0.717, 1.165) is 18.2 Å². The van der Waals surface area contributed by atoms with Crippen molar-refractivity contribution in [3.05, 3.63) is 72.3 Å². The predicted molar refractivity (Wildman–Crippen MR) is 99.1 cm³/mol. The third-order valence-electron chi connectivity index (χ3n) is 4.46. The van der Waals surface area contributed by atoms with Gasteiger partial charge in [0.15, 0.2) is 5.41 Å². The first kappa shape index (κ1) is 24.8. The van der Waals surface area contributed by atoms with Crippen LogP contribution in [0.25, 0.3) is 0 Å². The van der Waals surface area contributed by atoms with Crippen LogP contribution >= 0.6 is 0 Å². The molecule has 0 fully saturated rings. The van der Waals surface area contributed by atoms with Crippen LogP contribution in [-0.2, 0) is 14.9 Å². The summed E-state index contributed by atoms with van der Waals surface area (Å²) in [6.07, 6.45) is -10.2. The summed E-state index contributed by atoms with van der Waals surface area (Å²) in [5.41, 5.74) is -5.10. The van der Waals surface area contributed by atoms with Crippen LogP contribution in [0.4, 0.5) is 26.3 Å². The van der Waals surface area contributed by atoms with Gasteiger partial charge in [0, 0.05) is 6.08 Å². The van der Waals surface area contributed by atoms with Gasteiger partial charge in [-0.05, 0) is 48.9 Å². The van der Waals surface area contributed by atoms with Gasteiger partial charge in [0.2, 0.25) is 6.79 Å². The Bertz CT molecular complexity index is 948. The molecule has 172 valence electrons. The molecule has 2 aromatic rings. The first-order valence-electron chi connectivity index (χ1n) is 8.78. The van der Waals surface area contributed by atoms with Gasteiger partial charge in [-0.1, -0.05) is 18.7 Å². The van der Waals surface area contributed by atoms with E-state index < -0.39 is 42.1 Å². The number of benzene rings is 2. The van der Waals surface area contributed by atoms with Crippen LogP contribution in [0.1, 0.15) is 22.8 Å². The Kier molecular flexibility index (Phi) is 7.22. The molecule has 5 nitrogen and oxygen atoms in total. The van der Waals surface area contributed by atoms with Gasteiger partial charge in [-0.3, -0.25) is 0 Å². The van der Waals surface area contributed by atoms with Crippen molar-refractivity contribution in [1.82, 2.24) is 0 Å². The molecule has 0 amide bonds. The smallest absolute Gasteiger partial charge is 0.406 e. The highest BCUT2D eigenvalue weighted by atomic mass is 19.4. The normalized spacial score (nSPS) is 12.1. The third kappa shape index (κ3) is 5.40. The second-order valence-corrected chi connectivity index (χ2v) is 6.49. The van der Waals surface area contributed by atoms with Crippen molar-refractivity contribution >= 4 is 11.9 Å². The largest absolute Gasteiger partial charge is 0.457 e. The lowest BCUT2D eigenvalue weighted by molar-refractivity contribution is -0.297. The molecule has 32 heavy (non-hydrogen) atoms. The molecular formula is C21H16F6O5. The standard InChI is InChI=1S/C21H16F6O5/c1-3-17(28)31-12-30-15-8-4-13(5-9-15)18(29)32-16-10-6-14(7-11-16)19(2,20(22,23)24)21(25,26)27/h3-11H,1,12H2,2H3. The Labute approximate surface area is 178 Å². The fraction of sp³-hybridized carbons (Fsp3) is 0.238. The summed E-state index contributed by atoms with van der Waals surface area (Å²) in [4.78, 5) is 23.1. The molecule has 0 atom stereocenters. The molecule has 0 aliphatic heterocycles. The molecule has 2 aromatic carbocycles. The molecule has 0 saturated carbocycles. The minimum absolute atomic E-state index is 0.0277. The van der Waals surface area contributed by atoms with E-state index in [2.05, 4.69) is 11.3 Å². The van der Waals surface area contributed by atoms with Crippen molar-refractivity contribution < 1.29 is 50.1 Å². The average molecular weight is 462 g/mol. The lowest BCUT2D eigenvalue weighted by Gasteiger charge is -2.34. The summed E-state index contributed by atoms with van der Waals surface area (Å²) in [7, 11) is 0. The zero-order valence-corrected chi connectivity index (χ0v) is 16.4. The molecule has 0 spiro atoms. The van der Waals surface area contributed by atoms with E-state index in [4.69, 9.17) is 9.47 Å². The van der Waals surface area contributed by atoms with Crippen molar-refractivity contribution in [2.45, 2.75) is 24.7 Å². The number of hydrogen-bond donors (Lipinski definition) is 0. The number of halogens is 6. The minimum Gasteiger partial charge on any atom is -0.457 e. The van der Waals surface area contributed by atoms with E-state index in [1.807, 2.05) is 0 Å². The minimum atomic E-state index is -5.59. The number of alkyl halides is 6. The van der Waals surface area contributed by atoms with Gasteiger partial charge in [0.1, 0.15) is 11.5 Å². The Morgan fingerprint density at radius 2 is 1.38 bits per heavy atom. The fourth-order valence-electron chi connectivity index (χ4n) is 2.41. The molecular weight excluding hydrogens is 446 g/mol. The van der Waals surface area contributed by atoms with E-state index in [1.165, 1.54) is 24.3 Å². The summed E-state index contributed by atoms with van der Waals surface area (Å²) in [5, 5.41) is 0. The second-order valence-electron chi connectivity index (χ2n) is 6.49. The monoisotopic (exact) mass is 462 g/mol. The van der Waals surface area contributed by atoms with Crippen LogP contribution in [0.3, 0.4) is 0 Å². The second kappa shape index (κ2) is 9.33. The van der Waals surface area contributed by atoms with Crippen LogP contribution in [0.5, 0.6) is 11.5 Å². The highest BCUT2D eigenvalue weighted by molar-refractivity contribution is 5.91. The van der Waals surface area contributed by atoms with Crippen LogP contribution in [0.2, 0.25) is 0 Å². The summed E-state index contributed by atoms with van der Waals surface area (Å²) in [5.74, 6) is -1.60. The summed E-state index contributed by atoms with van der Waals surface area (Å²) in [6, 6.07) is 8.20. The summed E-state index contributed by atoms with van der Waals surface area (Å²) >= 11 is 0. The fourth-order valence-corrected chi connectivity index (χ4v) is 2.41. The van der Waals surface area contributed by atoms with Crippen molar-refractivity contribution in [3.63, 3.8) is 0 Å². The van der Waals surface area contributed by atoms with Crippen molar-refractivity contribution in [3.8, 4) is 11.5 Å². The highest BCUT2D eigenvalue weighted by Gasteiger charge is 2.68. The van der Waals surface area contributed by atoms with E-state index >= 15 is 0 Å². The van der Waals surface area contributed by atoms with E-state index in [9.17, 15) is 35.9 Å². The molecule has 0 saturated heterocycles. The molecule has 11 heteroatoms. The van der Waals surface area contributed by atoms with E-state index in [0.29, 0.717) is 12.1 Å². The van der Waals surface area contributed by atoms with Gasteiger partial charge in [-0.25, -0.2) is 9.59 Å². The van der Waals surface area contributed by atoms with Crippen LogP contribution in [-0.4, -0.2) is 31.1 Å². The molecule has 0 aliphatic rings. The predicted octanol–water partition coefficient (Wildman–Crippen LogP) is 5.35. The van der Waals surface area contributed by atoms with Crippen molar-refractivity contribution in [1.29, 1.82) is 0 Å². The van der Waals surface area contributed by atoms with Crippen molar-refractivity contribution in [2.24, 2.45) is 0 Å². The number of hydrogen-bond acceptors (Lipinski definition) is 5. The van der Waals surface area contributed by atoms with Gasteiger partial charge in [0.25, 0.3) is 0 Å². The number of carbonyl (C=O) groups is 2. The van der Waals surface area contributed by atoms with Crippen LogP contribution in [0.15, 0.2) is 61.2 Å². The number of carbonyl (C=O) groups excluding carboxylic acids is 2. The van der Waals surface area contributed by atoms with Gasteiger partial charge in [0.05, 0.1) is 5.56 Å². The molecule has 0 heterocycles. The first-order chi connectivity index (χ1) is 14.8. The third-order valence-corrected chi connectivity index (χ3v) is 4.46. The Morgan fingerprint density at radius 1 is 0.875 bits per heavy atom. The maximum atomic E-state index is 13.1. The maximum absolute atomic E-state index is 13.1. The van der Waals surface area contributed by atoms with Gasteiger partial charge in [-0.2, -0.15) is 26.3 Å². The lowest BCUT2D eigenvalue weighted by Crippen LogP contribution is -2.51. The average Bonchev–Trinajstić information content (AvgIpc) is 2.72. The summed E-state index contributed by atoms with van der Waals surface area (Å²) in [6.45, 7) is 2.85. The maximum Gasteiger partial charge on any atom is 0.406 e. The lowest BCUT2D eigenvalue weighted by atomic mass is 9.81. The Morgan fingerprint density at radius 3 is 1.84 bits per heavy atom. The van der Waals surface area contributed by atoms with Gasteiger partial charge in [-0.15, -0.1) is 0 Å². The molecule has 0 radical (unpaired) electrons. The van der Waals surface area contributed by atoms with Gasteiger partial charge < -0.3 is 14.2 Å². The zero-order chi connectivity index (χ0) is 24.2. The zero-order valence-electron chi connectivity index (χ0n) is 16.4. The quantitative estimate of drug-likeness (QED) is 0.182. The molecule has 0 bridgehead atoms. The molecule has 0 aliphatic carbocycles. The molecule has 0 unspecified atom stereocenters. The van der Waals surface area contributed by atoms with Crippen molar-refractivity contribution in [2.75, 3.05) is 6.79 Å². The van der Waals surface area contributed by atoms with Crippen LogP contribution in [0, 0.1) is 0 Å². The molecule has 0 N–H and O–H groups in total. The van der Waals surface area contributed by atoms with Crippen LogP contribution < -0.4 is 9.47 Å². The number of rotatable bonds is 7. The first-order valence-corrected chi connectivity index (χ1v) is 8.78. The summed E-state index contributed by atoms with van der Waals surface area (Å²) < 4.78 is 93.6. The van der Waals surface area contributed by atoms with Gasteiger partial charge >= 0.3 is 24.3 Å². The molecule has 0 aromatic heterocycles. The van der Waals surface area contributed by atoms with E-state index in [-0.39, 0.29) is 24.0 Å². The number of ether oxygens (including phenoxy) is 3. The van der Waals surface area contributed by atoms with E-state index in [1.54, 1.807) is 0 Å². The number of esters is 2. The highest BCUT2D eigenvalue weighted by Crippen LogP contribution is 2.51. The topological polar surface area (TPSA) is 61.8 Å². The Balaban J connectivity index is 2.08. The SMILES string of the molecule is C=CC(=O)OCOc1ccc(C(=O)Oc2ccc(C(C)(C(F)(F)F)C(F)(F)F)cc2)cc1. The Hall–Kier alpha value is -3.50.